The minimum Gasteiger partial charge on any atom is -0.306 e. The minimum atomic E-state index is 0.0234. The zero-order chi connectivity index (χ0) is 12.9. The van der Waals surface area contributed by atoms with Crippen molar-refractivity contribution in [3.8, 4) is 0 Å². The zero-order valence-corrected chi connectivity index (χ0v) is 10.8. The highest BCUT2D eigenvalue weighted by atomic mass is 16.1. The largest absolute Gasteiger partial charge is 0.306 e. The monoisotopic (exact) mass is 247 g/mol. The van der Waals surface area contributed by atoms with Crippen molar-refractivity contribution in [3.63, 3.8) is 0 Å². The van der Waals surface area contributed by atoms with Crippen molar-refractivity contribution in [1.29, 1.82) is 0 Å². The lowest BCUT2D eigenvalue weighted by Gasteiger charge is -2.24. The number of fused-ring (bicyclic) bond motifs is 2. The molecule has 96 valence electrons. The van der Waals surface area contributed by atoms with Crippen LogP contribution in [-0.2, 0) is 13.1 Å². The molecular weight excluding hydrogens is 230 g/mol. The molecule has 3 rings (SSSR count). The average Bonchev–Trinajstić information content (AvgIpc) is 2.74. The fraction of sp³-hybridized carbons (Fsp3) is 0.583. The van der Waals surface area contributed by atoms with E-state index in [2.05, 4.69) is 22.3 Å². The van der Waals surface area contributed by atoms with Gasteiger partial charge in [0.15, 0.2) is 5.65 Å². The highest BCUT2D eigenvalue weighted by Crippen LogP contribution is 2.14. The van der Waals surface area contributed by atoms with E-state index in [-0.39, 0.29) is 11.6 Å². The van der Waals surface area contributed by atoms with Crippen molar-refractivity contribution in [2.24, 2.45) is 0 Å². The molecule has 1 atom stereocenters. The molecular formula is C12H17N5O. The Bertz CT molecular complexity index is 654. The maximum atomic E-state index is 12.4. The lowest BCUT2D eigenvalue weighted by atomic mass is 10.2. The van der Waals surface area contributed by atoms with Crippen LogP contribution in [0.1, 0.15) is 32.6 Å². The highest BCUT2D eigenvalue weighted by molar-refractivity contribution is 5.73. The second kappa shape index (κ2) is 3.91. The summed E-state index contributed by atoms with van der Waals surface area (Å²) >= 11 is 0. The van der Waals surface area contributed by atoms with Crippen LogP contribution in [0.4, 0.5) is 0 Å². The van der Waals surface area contributed by atoms with Crippen molar-refractivity contribution in [2.45, 2.75) is 45.9 Å². The van der Waals surface area contributed by atoms with Gasteiger partial charge in [-0.3, -0.25) is 9.36 Å². The van der Waals surface area contributed by atoms with Gasteiger partial charge in [0.1, 0.15) is 11.2 Å². The van der Waals surface area contributed by atoms with E-state index in [9.17, 15) is 4.79 Å². The summed E-state index contributed by atoms with van der Waals surface area (Å²) in [5.41, 5.74) is 0.716. The van der Waals surface area contributed by atoms with Gasteiger partial charge in [-0.05, 0) is 20.8 Å². The van der Waals surface area contributed by atoms with Crippen LogP contribution < -0.4 is 10.9 Å². The molecule has 0 radical (unpaired) electrons. The number of hydrogen-bond donors (Lipinski definition) is 1. The van der Waals surface area contributed by atoms with Gasteiger partial charge < -0.3 is 5.32 Å². The van der Waals surface area contributed by atoms with Crippen molar-refractivity contribution >= 4 is 11.0 Å². The Hall–Kier alpha value is -1.69. The lowest BCUT2D eigenvalue weighted by Crippen LogP contribution is -2.42. The van der Waals surface area contributed by atoms with Gasteiger partial charge in [0.2, 0.25) is 0 Å². The molecule has 2 aromatic heterocycles. The van der Waals surface area contributed by atoms with Gasteiger partial charge >= 0.3 is 0 Å². The van der Waals surface area contributed by atoms with Gasteiger partial charge in [0.05, 0.1) is 12.7 Å². The summed E-state index contributed by atoms with van der Waals surface area (Å²) in [6.45, 7) is 7.44. The Balaban J connectivity index is 2.29. The Labute approximate surface area is 105 Å². The standard InChI is InChI=1S/C12H17N5O/c1-7(2)17-11-9(4-14-17)12(18)16-6-8(3)13-5-10(16)15-11/h4,7-8,13H,5-6H2,1-3H3. The number of nitrogens with one attached hydrogen (secondary N) is 1. The number of nitrogens with zero attached hydrogens (tertiary/aromatic N) is 4. The fourth-order valence-electron chi connectivity index (χ4n) is 2.37. The molecule has 1 aliphatic rings. The van der Waals surface area contributed by atoms with Crippen LogP contribution in [-0.4, -0.2) is 25.4 Å². The molecule has 2 aromatic rings. The smallest absolute Gasteiger partial charge is 0.264 e. The quantitative estimate of drug-likeness (QED) is 0.804. The molecule has 0 amide bonds. The molecule has 1 aliphatic heterocycles. The zero-order valence-electron chi connectivity index (χ0n) is 10.8. The van der Waals surface area contributed by atoms with Crippen molar-refractivity contribution in [3.05, 3.63) is 22.4 Å². The molecule has 0 saturated heterocycles. The van der Waals surface area contributed by atoms with Crippen LogP contribution in [0.15, 0.2) is 11.0 Å². The van der Waals surface area contributed by atoms with Gasteiger partial charge in [-0.15, -0.1) is 0 Å². The Morgan fingerprint density at radius 1 is 1.50 bits per heavy atom. The predicted molar refractivity (Wildman–Crippen MR) is 68.5 cm³/mol. The number of hydrogen-bond acceptors (Lipinski definition) is 4. The molecule has 18 heavy (non-hydrogen) atoms. The molecule has 6 heteroatoms. The molecule has 0 aromatic carbocycles. The second-order valence-corrected chi connectivity index (χ2v) is 5.15. The molecule has 3 heterocycles. The predicted octanol–water partition coefficient (Wildman–Crippen LogP) is 0.666. The van der Waals surface area contributed by atoms with Gasteiger partial charge in [0.25, 0.3) is 5.56 Å². The SMILES string of the molecule is CC1Cn2c(nc3c(cnn3C(C)C)c2=O)CN1. The van der Waals surface area contributed by atoms with E-state index < -0.39 is 0 Å². The molecule has 0 bridgehead atoms. The van der Waals surface area contributed by atoms with E-state index in [1.807, 2.05) is 13.8 Å². The summed E-state index contributed by atoms with van der Waals surface area (Å²) in [4.78, 5) is 17.0. The van der Waals surface area contributed by atoms with E-state index >= 15 is 0 Å². The molecule has 0 spiro atoms. The van der Waals surface area contributed by atoms with E-state index in [4.69, 9.17) is 0 Å². The molecule has 1 N–H and O–H groups in total. The summed E-state index contributed by atoms with van der Waals surface area (Å²) in [6.07, 6.45) is 1.63. The van der Waals surface area contributed by atoms with Crippen LogP contribution in [0, 0.1) is 0 Å². The van der Waals surface area contributed by atoms with E-state index in [1.54, 1.807) is 15.4 Å². The van der Waals surface area contributed by atoms with Crippen LogP contribution >= 0.6 is 0 Å². The van der Waals surface area contributed by atoms with Crippen molar-refractivity contribution in [1.82, 2.24) is 24.6 Å². The molecule has 1 unspecified atom stereocenters. The normalized spacial score (nSPS) is 19.4. The summed E-state index contributed by atoms with van der Waals surface area (Å²) in [7, 11) is 0. The summed E-state index contributed by atoms with van der Waals surface area (Å²) < 4.78 is 3.56. The van der Waals surface area contributed by atoms with E-state index in [0.29, 0.717) is 30.2 Å². The maximum Gasteiger partial charge on any atom is 0.264 e. The molecule has 0 aliphatic carbocycles. The Morgan fingerprint density at radius 2 is 2.28 bits per heavy atom. The van der Waals surface area contributed by atoms with Gasteiger partial charge in [0, 0.05) is 18.6 Å². The van der Waals surface area contributed by atoms with Crippen LogP contribution in [0.5, 0.6) is 0 Å². The van der Waals surface area contributed by atoms with Crippen molar-refractivity contribution in [2.75, 3.05) is 0 Å². The maximum absolute atomic E-state index is 12.4. The summed E-state index contributed by atoms with van der Waals surface area (Å²) in [5, 5.41) is 8.20. The summed E-state index contributed by atoms with van der Waals surface area (Å²) in [5.74, 6) is 0.799. The first-order valence-electron chi connectivity index (χ1n) is 6.28. The minimum absolute atomic E-state index is 0.0234. The van der Waals surface area contributed by atoms with E-state index in [1.165, 1.54) is 0 Å². The third kappa shape index (κ3) is 1.56. The van der Waals surface area contributed by atoms with Crippen LogP contribution in [0.25, 0.3) is 11.0 Å². The first kappa shape index (κ1) is 11.4. The Morgan fingerprint density at radius 3 is 3.00 bits per heavy atom. The Kier molecular flexibility index (Phi) is 2.48. The third-order valence-electron chi connectivity index (χ3n) is 3.35. The first-order chi connectivity index (χ1) is 8.58. The molecule has 0 fully saturated rings. The van der Waals surface area contributed by atoms with Gasteiger partial charge in [-0.2, -0.15) is 5.10 Å². The number of rotatable bonds is 1. The van der Waals surface area contributed by atoms with Gasteiger partial charge in [-0.25, -0.2) is 9.67 Å². The van der Waals surface area contributed by atoms with E-state index in [0.717, 1.165) is 5.82 Å². The highest BCUT2D eigenvalue weighted by Gasteiger charge is 2.20. The molecule has 6 nitrogen and oxygen atoms in total. The lowest BCUT2D eigenvalue weighted by molar-refractivity contribution is 0.396. The second-order valence-electron chi connectivity index (χ2n) is 5.15. The third-order valence-corrected chi connectivity index (χ3v) is 3.35. The molecule has 0 saturated carbocycles. The average molecular weight is 247 g/mol. The topological polar surface area (TPSA) is 64.7 Å². The van der Waals surface area contributed by atoms with Gasteiger partial charge in [-0.1, -0.05) is 0 Å². The van der Waals surface area contributed by atoms with Crippen LogP contribution in [0.3, 0.4) is 0 Å². The first-order valence-corrected chi connectivity index (χ1v) is 6.28. The summed E-state index contributed by atoms with van der Waals surface area (Å²) in [6, 6.07) is 0.502. The number of aromatic nitrogens is 4. The fourth-order valence-corrected chi connectivity index (χ4v) is 2.37. The van der Waals surface area contributed by atoms with Crippen LogP contribution in [0.2, 0.25) is 0 Å². The van der Waals surface area contributed by atoms with Crippen molar-refractivity contribution < 1.29 is 0 Å².